The molecule has 2 heterocycles. The molecule has 0 amide bonds. The summed E-state index contributed by atoms with van der Waals surface area (Å²) in [5.74, 6) is -0.0412. The summed E-state index contributed by atoms with van der Waals surface area (Å²) < 4.78 is 50.6. The highest BCUT2D eigenvalue weighted by Gasteiger charge is 2.22. The van der Waals surface area contributed by atoms with Crippen molar-refractivity contribution in [1.82, 2.24) is 5.16 Å². The summed E-state index contributed by atoms with van der Waals surface area (Å²) in [6.45, 7) is 3.55. The van der Waals surface area contributed by atoms with Crippen LogP contribution in [0.3, 0.4) is 0 Å². The van der Waals surface area contributed by atoms with E-state index in [9.17, 15) is 12.8 Å². The number of furan rings is 1. The molecule has 1 N–H and O–H groups in total. The molecule has 0 fully saturated rings. The molecule has 3 rings (SSSR count). The zero-order valence-corrected chi connectivity index (χ0v) is 14.2. The Balaban J connectivity index is 1.90. The second kappa shape index (κ2) is 5.95. The van der Waals surface area contributed by atoms with Crippen LogP contribution < -0.4 is 4.72 Å². The van der Waals surface area contributed by atoms with Crippen LogP contribution in [0.1, 0.15) is 11.3 Å². The van der Waals surface area contributed by atoms with Crippen LogP contribution in [0.5, 0.6) is 0 Å². The molecule has 0 spiro atoms. The van der Waals surface area contributed by atoms with E-state index < -0.39 is 15.8 Å². The number of anilines is 1. The lowest BCUT2D eigenvalue weighted by Crippen LogP contribution is -2.12. The molecular weight excluding hydrogens is 359 g/mol. The smallest absolute Gasteiger partial charge is 0.295 e. The highest BCUT2D eigenvalue weighted by atomic mass is 35.5. The molecule has 0 aliphatic rings. The number of nitrogens with one attached hydrogen (secondary N) is 1. The molecule has 9 heteroatoms. The van der Waals surface area contributed by atoms with Crippen molar-refractivity contribution in [2.24, 2.45) is 0 Å². The number of aryl methyl sites for hydroxylation is 1. The Kier molecular flexibility index (Phi) is 4.10. The van der Waals surface area contributed by atoms with Gasteiger partial charge < -0.3 is 8.94 Å². The zero-order valence-electron chi connectivity index (χ0n) is 12.6. The standard InChI is InChI=1S/C15H12ClFN2O4S/c1-8-9(2)18-23-15(8)13-5-6-14(22-13)24(20,21)19-10-3-4-12(17)11(16)7-10/h3-7,19H,1-2H3. The maximum absolute atomic E-state index is 13.1. The average molecular weight is 371 g/mol. The minimum atomic E-state index is -4.00. The number of halogens is 2. The summed E-state index contributed by atoms with van der Waals surface area (Å²) >= 11 is 5.64. The Labute approximate surface area is 142 Å². The first kappa shape index (κ1) is 16.5. The van der Waals surface area contributed by atoms with Crippen molar-refractivity contribution >= 4 is 27.3 Å². The number of hydrogen-bond donors (Lipinski definition) is 1. The fourth-order valence-corrected chi connectivity index (χ4v) is 3.16. The van der Waals surface area contributed by atoms with Crippen molar-refractivity contribution < 1.29 is 21.7 Å². The van der Waals surface area contributed by atoms with Gasteiger partial charge in [0.15, 0.2) is 5.76 Å². The number of nitrogens with zero attached hydrogens (tertiary/aromatic N) is 1. The second-order valence-corrected chi connectivity index (χ2v) is 7.10. The summed E-state index contributed by atoms with van der Waals surface area (Å²) in [6.07, 6.45) is 0. The topological polar surface area (TPSA) is 85.3 Å². The first-order valence-electron chi connectivity index (χ1n) is 6.79. The molecule has 6 nitrogen and oxygen atoms in total. The second-order valence-electron chi connectivity index (χ2n) is 5.08. The van der Waals surface area contributed by atoms with E-state index in [0.29, 0.717) is 11.5 Å². The summed E-state index contributed by atoms with van der Waals surface area (Å²) in [7, 11) is -4.00. The van der Waals surface area contributed by atoms with Crippen molar-refractivity contribution in [3.8, 4) is 11.5 Å². The van der Waals surface area contributed by atoms with E-state index in [0.717, 1.165) is 11.6 Å². The van der Waals surface area contributed by atoms with Crippen LogP contribution in [0.2, 0.25) is 5.02 Å². The summed E-state index contributed by atoms with van der Waals surface area (Å²) in [5.41, 5.74) is 1.56. The van der Waals surface area contributed by atoms with Crippen LogP contribution in [0.15, 0.2) is 44.4 Å². The number of aromatic nitrogens is 1. The molecule has 0 unspecified atom stereocenters. The third-order valence-corrected chi connectivity index (χ3v) is 4.94. The van der Waals surface area contributed by atoms with Gasteiger partial charge in [-0.2, -0.15) is 8.42 Å². The molecule has 0 radical (unpaired) electrons. The van der Waals surface area contributed by atoms with Gasteiger partial charge in [-0.15, -0.1) is 0 Å². The first-order chi connectivity index (χ1) is 11.3. The molecule has 1 aromatic carbocycles. The van der Waals surface area contributed by atoms with Crippen LogP contribution in [0, 0.1) is 19.7 Å². The van der Waals surface area contributed by atoms with Crippen molar-refractivity contribution in [1.29, 1.82) is 0 Å². The summed E-state index contributed by atoms with van der Waals surface area (Å²) in [6, 6.07) is 6.25. The van der Waals surface area contributed by atoms with Gasteiger partial charge in [-0.05, 0) is 44.2 Å². The Morgan fingerprint density at radius 1 is 1.21 bits per heavy atom. The normalized spacial score (nSPS) is 11.7. The predicted molar refractivity (Wildman–Crippen MR) is 85.9 cm³/mol. The molecule has 2 aromatic heterocycles. The molecule has 3 aromatic rings. The van der Waals surface area contributed by atoms with Crippen LogP contribution in [0.4, 0.5) is 10.1 Å². The minimum absolute atomic E-state index is 0.117. The van der Waals surface area contributed by atoms with Crippen molar-refractivity contribution in [3.05, 3.63) is 52.4 Å². The molecule has 0 saturated heterocycles. The van der Waals surface area contributed by atoms with Crippen LogP contribution in [-0.4, -0.2) is 13.6 Å². The van der Waals surface area contributed by atoms with Gasteiger partial charge in [0.2, 0.25) is 10.9 Å². The Morgan fingerprint density at radius 3 is 2.58 bits per heavy atom. The molecular formula is C15H12ClFN2O4S. The van der Waals surface area contributed by atoms with Crippen molar-refractivity contribution in [2.45, 2.75) is 18.9 Å². The van der Waals surface area contributed by atoms with Gasteiger partial charge >= 0.3 is 0 Å². The number of benzene rings is 1. The number of hydrogen-bond acceptors (Lipinski definition) is 5. The van der Waals surface area contributed by atoms with E-state index in [2.05, 4.69) is 9.88 Å². The molecule has 0 aliphatic heterocycles. The average Bonchev–Trinajstić information content (AvgIpc) is 3.12. The van der Waals surface area contributed by atoms with Gasteiger partial charge in [0.1, 0.15) is 5.82 Å². The Hall–Kier alpha value is -2.32. The zero-order chi connectivity index (χ0) is 17.5. The van der Waals surface area contributed by atoms with Crippen LogP contribution >= 0.6 is 11.6 Å². The van der Waals surface area contributed by atoms with Crippen LogP contribution in [0.25, 0.3) is 11.5 Å². The molecule has 0 aliphatic carbocycles. The van der Waals surface area contributed by atoms with Gasteiger partial charge in [-0.3, -0.25) is 4.72 Å². The van der Waals surface area contributed by atoms with Gasteiger partial charge in [0, 0.05) is 5.56 Å². The lowest BCUT2D eigenvalue weighted by atomic mass is 10.2. The van der Waals surface area contributed by atoms with E-state index in [1.165, 1.54) is 24.3 Å². The Bertz CT molecular complexity index is 1010. The minimum Gasteiger partial charge on any atom is -0.439 e. The lowest BCUT2D eigenvalue weighted by molar-refractivity contribution is 0.398. The predicted octanol–water partition coefficient (Wildman–Crippen LogP) is 4.14. The largest absolute Gasteiger partial charge is 0.439 e. The molecule has 0 atom stereocenters. The van der Waals surface area contributed by atoms with Gasteiger partial charge in [-0.1, -0.05) is 16.8 Å². The molecule has 126 valence electrons. The van der Waals surface area contributed by atoms with E-state index in [4.69, 9.17) is 20.5 Å². The van der Waals surface area contributed by atoms with Gasteiger partial charge in [0.05, 0.1) is 16.4 Å². The molecule has 24 heavy (non-hydrogen) atoms. The molecule has 0 saturated carbocycles. The third-order valence-electron chi connectivity index (χ3n) is 3.40. The Morgan fingerprint density at radius 2 is 1.96 bits per heavy atom. The SMILES string of the molecule is Cc1noc(-c2ccc(S(=O)(=O)Nc3ccc(F)c(Cl)c3)o2)c1C. The van der Waals surface area contributed by atoms with Crippen molar-refractivity contribution in [2.75, 3.05) is 4.72 Å². The fourth-order valence-electron chi connectivity index (χ4n) is 2.00. The lowest BCUT2D eigenvalue weighted by Gasteiger charge is -2.06. The van der Waals surface area contributed by atoms with E-state index in [1.54, 1.807) is 13.8 Å². The van der Waals surface area contributed by atoms with Crippen molar-refractivity contribution in [3.63, 3.8) is 0 Å². The van der Waals surface area contributed by atoms with E-state index in [1.807, 2.05) is 0 Å². The summed E-state index contributed by atoms with van der Waals surface area (Å²) in [4.78, 5) is 0. The maximum atomic E-state index is 13.1. The van der Waals surface area contributed by atoms with E-state index in [-0.39, 0.29) is 21.6 Å². The fraction of sp³-hybridized carbons (Fsp3) is 0.133. The van der Waals surface area contributed by atoms with Gasteiger partial charge in [-0.25, -0.2) is 4.39 Å². The number of rotatable bonds is 4. The maximum Gasteiger partial charge on any atom is 0.295 e. The first-order valence-corrected chi connectivity index (χ1v) is 8.65. The highest BCUT2D eigenvalue weighted by molar-refractivity contribution is 7.92. The van der Waals surface area contributed by atoms with Gasteiger partial charge in [0.25, 0.3) is 10.0 Å². The monoisotopic (exact) mass is 370 g/mol. The molecule has 0 bridgehead atoms. The third kappa shape index (κ3) is 3.02. The summed E-state index contributed by atoms with van der Waals surface area (Å²) in [5, 5.41) is 3.29. The quantitative estimate of drug-likeness (QED) is 0.745. The van der Waals surface area contributed by atoms with Crippen LogP contribution in [-0.2, 0) is 10.0 Å². The highest BCUT2D eigenvalue weighted by Crippen LogP contribution is 2.29. The van der Waals surface area contributed by atoms with E-state index >= 15 is 0 Å². The number of sulfonamides is 1.